The van der Waals surface area contributed by atoms with Crippen molar-refractivity contribution in [1.29, 1.82) is 0 Å². The van der Waals surface area contributed by atoms with E-state index in [1.807, 2.05) is 13.8 Å². The number of carbonyl (C=O) groups excluding carboxylic acids is 2. The van der Waals surface area contributed by atoms with Gasteiger partial charge in [0.2, 0.25) is 0 Å². The number of esters is 2. The van der Waals surface area contributed by atoms with Gasteiger partial charge in [0.05, 0.1) is 30.5 Å². The molecule has 2 aromatic rings. The molecule has 0 spiro atoms. The Labute approximate surface area is 149 Å². The Morgan fingerprint density at radius 3 is 2.52 bits per heavy atom. The third-order valence-corrected chi connectivity index (χ3v) is 4.46. The Morgan fingerprint density at radius 1 is 1.16 bits per heavy atom. The molecule has 2 aromatic heterocycles. The Hall–Kier alpha value is -2.22. The molecule has 7 nitrogen and oxygen atoms in total. The van der Waals surface area contributed by atoms with Crippen molar-refractivity contribution in [2.75, 3.05) is 13.2 Å². The van der Waals surface area contributed by atoms with Gasteiger partial charge in [0.1, 0.15) is 11.4 Å². The van der Waals surface area contributed by atoms with Gasteiger partial charge in [-0.1, -0.05) is 26.7 Å². The molecule has 0 aliphatic carbocycles. The van der Waals surface area contributed by atoms with Crippen LogP contribution < -0.4 is 5.56 Å². The van der Waals surface area contributed by atoms with Crippen molar-refractivity contribution in [2.24, 2.45) is 0 Å². The number of hydrogen-bond acceptors (Lipinski definition) is 7. The van der Waals surface area contributed by atoms with E-state index in [0.717, 1.165) is 30.3 Å². The summed E-state index contributed by atoms with van der Waals surface area (Å²) >= 11 is 1.20. The van der Waals surface area contributed by atoms with Gasteiger partial charge >= 0.3 is 11.9 Å². The molecule has 2 heterocycles. The van der Waals surface area contributed by atoms with Crippen molar-refractivity contribution in [3.05, 3.63) is 27.6 Å². The van der Waals surface area contributed by atoms with Gasteiger partial charge in [0.15, 0.2) is 0 Å². The summed E-state index contributed by atoms with van der Waals surface area (Å²) in [6.45, 7) is 4.40. The molecule has 0 radical (unpaired) electrons. The fourth-order valence-corrected chi connectivity index (χ4v) is 3.00. The Morgan fingerprint density at radius 2 is 1.84 bits per heavy atom. The summed E-state index contributed by atoms with van der Waals surface area (Å²) < 4.78 is 11.4. The third kappa shape index (κ3) is 4.88. The van der Waals surface area contributed by atoms with Gasteiger partial charge in [-0.05, 0) is 12.8 Å². The molecule has 8 heteroatoms. The molecule has 0 fully saturated rings. The monoisotopic (exact) mass is 366 g/mol. The largest absolute Gasteiger partial charge is 0.464 e. The quantitative estimate of drug-likeness (QED) is 0.501. The van der Waals surface area contributed by atoms with Gasteiger partial charge < -0.3 is 9.47 Å². The van der Waals surface area contributed by atoms with E-state index < -0.39 is 17.5 Å². The Bertz CT molecular complexity index is 796. The Kier molecular flexibility index (Phi) is 7.12. The first-order valence-electron chi connectivity index (χ1n) is 8.37. The summed E-state index contributed by atoms with van der Waals surface area (Å²) in [6, 6.07) is 0. The number of ether oxygens (including phenoxy) is 2. The molecule has 0 bridgehead atoms. The van der Waals surface area contributed by atoms with Crippen LogP contribution in [0.1, 0.15) is 49.9 Å². The minimum Gasteiger partial charge on any atom is -0.464 e. The zero-order chi connectivity index (χ0) is 18.2. The van der Waals surface area contributed by atoms with Gasteiger partial charge in [-0.2, -0.15) is 0 Å². The van der Waals surface area contributed by atoms with E-state index in [-0.39, 0.29) is 17.5 Å². The SMILES string of the molecule is CCCCOC(=O)Cn1cnc2scc(C(=O)OCCCC)c2c1=O. The number of unbranched alkanes of at least 4 members (excludes halogenated alkanes) is 2. The highest BCUT2D eigenvalue weighted by molar-refractivity contribution is 7.17. The van der Waals surface area contributed by atoms with E-state index in [2.05, 4.69) is 4.98 Å². The third-order valence-electron chi connectivity index (χ3n) is 3.57. The number of aromatic nitrogens is 2. The van der Waals surface area contributed by atoms with Crippen molar-refractivity contribution in [2.45, 2.75) is 46.1 Å². The predicted molar refractivity (Wildman–Crippen MR) is 94.9 cm³/mol. The highest BCUT2D eigenvalue weighted by atomic mass is 32.1. The van der Waals surface area contributed by atoms with Gasteiger partial charge in [-0.3, -0.25) is 14.2 Å². The van der Waals surface area contributed by atoms with Crippen LogP contribution in [-0.4, -0.2) is 34.7 Å². The number of carbonyl (C=O) groups is 2. The first-order chi connectivity index (χ1) is 12.1. The van der Waals surface area contributed by atoms with Crippen LogP contribution in [0.5, 0.6) is 0 Å². The average molecular weight is 366 g/mol. The summed E-state index contributed by atoms with van der Waals surface area (Å²) in [5.74, 6) is -1.04. The molecule has 0 aliphatic rings. The van der Waals surface area contributed by atoms with E-state index in [9.17, 15) is 14.4 Å². The first-order valence-corrected chi connectivity index (χ1v) is 9.25. The van der Waals surface area contributed by atoms with Crippen molar-refractivity contribution in [3.63, 3.8) is 0 Å². The predicted octanol–water partition coefficient (Wildman–Crippen LogP) is 2.76. The molecule has 25 heavy (non-hydrogen) atoms. The maximum Gasteiger partial charge on any atom is 0.339 e. The van der Waals surface area contributed by atoms with Crippen LogP contribution in [0.25, 0.3) is 10.2 Å². The standard InChI is InChI=1S/C17H22N2O5S/c1-3-5-7-23-13(20)9-19-11-18-15-14(16(19)21)12(10-25-15)17(22)24-8-6-4-2/h10-11H,3-9H2,1-2H3. The van der Waals surface area contributed by atoms with Gasteiger partial charge in [0.25, 0.3) is 5.56 Å². The molecule has 0 saturated heterocycles. The molecule has 0 aliphatic heterocycles. The maximum absolute atomic E-state index is 12.6. The number of nitrogens with zero attached hydrogens (tertiary/aromatic N) is 2. The molecule has 0 saturated carbocycles. The smallest absolute Gasteiger partial charge is 0.339 e. The first kappa shape index (κ1) is 19.1. The molecule has 0 amide bonds. The lowest BCUT2D eigenvalue weighted by atomic mass is 10.2. The van der Waals surface area contributed by atoms with Crippen LogP contribution in [0.15, 0.2) is 16.5 Å². The van der Waals surface area contributed by atoms with Crippen molar-refractivity contribution >= 4 is 33.5 Å². The zero-order valence-corrected chi connectivity index (χ0v) is 15.3. The summed E-state index contributed by atoms with van der Waals surface area (Å²) in [5, 5.41) is 1.76. The van der Waals surface area contributed by atoms with Crippen molar-refractivity contribution in [3.8, 4) is 0 Å². The highest BCUT2D eigenvalue weighted by Crippen LogP contribution is 2.21. The minimum atomic E-state index is -0.540. The molecule has 0 unspecified atom stereocenters. The lowest BCUT2D eigenvalue weighted by Gasteiger charge is -2.07. The minimum absolute atomic E-state index is 0.190. The fourth-order valence-electron chi connectivity index (χ4n) is 2.13. The van der Waals surface area contributed by atoms with Gasteiger partial charge in [-0.15, -0.1) is 11.3 Å². The number of rotatable bonds is 9. The van der Waals surface area contributed by atoms with Crippen LogP contribution >= 0.6 is 11.3 Å². The number of hydrogen-bond donors (Lipinski definition) is 0. The van der Waals surface area contributed by atoms with Crippen LogP contribution in [-0.2, 0) is 20.8 Å². The molecular formula is C17H22N2O5S. The number of fused-ring (bicyclic) bond motifs is 1. The molecule has 2 rings (SSSR count). The van der Waals surface area contributed by atoms with Crippen LogP contribution in [0, 0.1) is 0 Å². The van der Waals surface area contributed by atoms with E-state index in [0.29, 0.717) is 18.0 Å². The molecular weight excluding hydrogens is 344 g/mol. The normalized spacial score (nSPS) is 10.8. The topological polar surface area (TPSA) is 87.5 Å². The molecule has 0 N–H and O–H groups in total. The summed E-state index contributed by atoms with van der Waals surface area (Å²) in [5.41, 5.74) is -0.247. The fraction of sp³-hybridized carbons (Fsp3) is 0.529. The molecule has 0 aromatic carbocycles. The second-order valence-electron chi connectivity index (χ2n) is 5.57. The van der Waals surface area contributed by atoms with E-state index in [4.69, 9.17) is 9.47 Å². The molecule has 136 valence electrons. The second-order valence-corrected chi connectivity index (χ2v) is 6.43. The number of thiophene rings is 1. The summed E-state index contributed by atoms with van der Waals surface area (Å²) in [6.07, 6.45) is 4.66. The lowest BCUT2D eigenvalue weighted by Crippen LogP contribution is -2.26. The maximum atomic E-state index is 12.6. The summed E-state index contributed by atoms with van der Waals surface area (Å²) in [4.78, 5) is 41.2. The van der Waals surface area contributed by atoms with E-state index in [1.54, 1.807) is 5.38 Å². The zero-order valence-electron chi connectivity index (χ0n) is 14.4. The van der Waals surface area contributed by atoms with Crippen molar-refractivity contribution < 1.29 is 19.1 Å². The van der Waals surface area contributed by atoms with E-state index >= 15 is 0 Å². The average Bonchev–Trinajstić information content (AvgIpc) is 3.03. The highest BCUT2D eigenvalue weighted by Gasteiger charge is 2.19. The van der Waals surface area contributed by atoms with Gasteiger partial charge in [-0.25, -0.2) is 9.78 Å². The van der Waals surface area contributed by atoms with Crippen molar-refractivity contribution in [1.82, 2.24) is 9.55 Å². The van der Waals surface area contributed by atoms with Gasteiger partial charge in [0, 0.05) is 5.38 Å². The summed E-state index contributed by atoms with van der Waals surface area (Å²) in [7, 11) is 0. The van der Waals surface area contributed by atoms with Crippen LogP contribution in [0.3, 0.4) is 0 Å². The van der Waals surface area contributed by atoms with Crippen LogP contribution in [0.2, 0.25) is 0 Å². The molecule has 0 atom stereocenters. The van der Waals surface area contributed by atoms with Crippen LogP contribution in [0.4, 0.5) is 0 Å². The lowest BCUT2D eigenvalue weighted by molar-refractivity contribution is -0.144. The second kappa shape index (κ2) is 9.31. The van der Waals surface area contributed by atoms with E-state index in [1.165, 1.54) is 17.7 Å². The Balaban J connectivity index is 2.20.